The van der Waals surface area contributed by atoms with Crippen LogP contribution in [0.2, 0.25) is 0 Å². The third-order valence-electron chi connectivity index (χ3n) is 3.24. The number of rotatable bonds is 2. The van der Waals surface area contributed by atoms with Gasteiger partial charge in [-0.3, -0.25) is 4.90 Å². The first kappa shape index (κ1) is 13.4. The Hall–Kier alpha value is -0.710. The van der Waals surface area contributed by atoms with E-state index in [0.29, 0.717) is 13.1 Å². The summed E-state index contributed by atoms with van der Waals surface area (Å²) in [6, 6.07) is 0. The number of carboxylic acid groups (broad SMARTS) is 1. The molecule has 0 unspecified atom stereocenters. The molecule has 0 aromatic rings. The number of carboxylic acids is 1. The smallest absolute Gasteiger partial charge is 0.374 e. The zero-order valence-electron chi connectivity index (χ0n) is 9.96. The van der Waals surface area contributed by atoms with Gasteiger partial charge in [-0.1, -0.05) is 0 Å². The third-order valence-corrected chi connectivity index (χ3v) is 3.24. The third kappa shape index (κ3) is 2.70. The van der Waals surface area contributed by atoms with Crippen molar-refractivity contribution in [3.8, 4) is 0 Å². The van der Waals surface area contributed by atoms with Crippen LogP contribution in [0.25, 0.3) is 0 Å². The van der Waals surface area contributed by atoms with Crippen LogP contribution in [0.5, 0.6) is 0 Å². The molecule has 0 amide bonds. The van der Waals surface area contributed by atoms with Gasteiger partial charge in [-0.25, -0.2) is 4.79 Å². The van der Waals surface area contributed by atoms with Crippen molar-refractivity contribution in [1.29, 1.82) is 0 Å². The fourth-order valence-electron chi connectivity index (χ4n) is 2.09. The summed E-state index contributed by atoms with van der Waals surface area (Å²) in [6.07, 6.45) is 0.493. The van der Waals surface area contributed by atoms with Crippen LogP contribution in [0.4, 0.5) is 8.78 Å². The largest absolute Gasteiger partial charge is 0.477 e. The van der Waals surface area contributed by atoms with Crippen LogP contribution in [0.3, 0.4) is 0 Å². The standard InChI is InChI=1S/C11H19F2NO2/c1-10(2,3)14-6-4-8(5-7-14)11(12,13)9(15)16/h8H,4-7H2,1-3H3,(H,15,16). The van der Waals surface area contributed by atoms with E-state index in [1.165, 1.54) is 0 Å². The van der Waals surface area contributed by atoms with Crippen LogP contribution in [0.15, 0.2) is 0 Å². The SMILES string of the molecule is CC(C)(C)N1CCC(C(F)(F)C(=O)O)CC1. The lowest BCUT2D eigenvalue weighted by molar-refractivity contribution is -0.176. The van der Waals surface area contributed by atoms with Crippen LogP contribution in [0.1, 0.15) is 33.6 Å². The minimum atomic E-state index is -3.58. The molecule has 0 atom stereocenters. The van der Waals surface area contributed by atoms with Crippen molar-refractivity contribution in [2.24, 2.45) is 5.92 Å². The lowest BCUT2D eigenvalue weighted by atomic mass is 9.88. The molecule has 1 N–H and O–H groups in total. The molecule has 0 radical (unpaired) electrons. The summed E-state index contributed by atoms with van der Waals surface area (Å²) in [4.78, 5) is 12.5. The van der Waals surface area contributed by atoms with Gasteiger partial charge >= 0.3 is 11.9 Å². The maximum Gasteiger partial charge on any atom is 0.374 e. The highest BCUT2D eigenvalue weighted by Crippen LogP contribution is 2.34. The second kappa shape index (κ2) is 4.28. The zero-order chi connectivity index (χ0) is 12.6. The minimum absolute atomic E-state index is 0.0382. The molecule has 0 aromatic heterocycles. The van der Waals surface area contributed by atoms with Gasteiger partial charge in [-0.2, -0.15) is 8.78 Å². The maximum absolute atomic E-state index is 13.2. The van der Waals surface area contributed by atoms with Crippen molar-refractivity contribution in [1.82, 2.24) is 4.90 Å². The molecular formula is C11H19F2NO2. The molecule has 1 fully saturated rings. The number of hydrogen-bond acceptors (Lipinski definition) is 2. The van der Waals surface area contributed by atoms with Gasteiger partial charge in [0.05, 0.1) is 0 Å². The van der Waals surface area contributed by atoms with Crippen molar-refractivity contribution >= 4 is 5.97 Å². The first-order chi connectivity index (χ1) is 7.15. The predicted molar refractivity (Wildman–Crippen MR) is 56.6 cm³/mol. The van der Waals surface area contributed by atoms with Crippen LogP contribution in [-0.4, -0.2) is 40.5 Å². The van der Waals surface area contributed by atoms with Gasteiger partial charge in [-0.15, -0.1) is 0 Å². The number of nitrogens with zero attached hydrogens (tertiary/aromatic N) is 1. The minimum Gasteiger partial charge on any atom is -0.477 e. The van der Waals surface area contributed by atoms with Gasteiger partial charge in [0.15, 0.2) is 0 Å². The zero-order valence-corrected chi connectivity index (χ0v) is 9.96. The summed E-state index contributed by atoms with van der Waals surface area (Å²) in [5.74, 6) is -6.60. The van der Waals surface area contributed by atoms with Gasteiger partial charge in [0.25, 0.3) is 0 Å². The normalized spacial score (nSPS) is 21.1. The second-order valence-electron chi connectivity index (χ2n) is 5.36. The number of likely N-dealkylation sites (tertiary alicyclic amines) is 1. The summed E-state index contributed by atoms with van der Waals surface area (Å²) in [5, 5.41) is 8.46. The van der Waals surface area contributed by atoms with E-state index in [1.807, 2.05) is 20.8 Å². The fourth-order valence-corrected chi connectivity index (χ4v) is 2.09. The van der Waals surface area contributed by atoms with E-state index in [9.17, 15) is 13.6 Å². The van der Waals surface area contributed by atoms with Crippen molar-refractivity contribution < 1.29 is 18.7 Å². The average Bonchev–Trinajstić information content (AvgIpc) is 2.16. The second-order valence-corrected chi connectivity index (χ2v) is 5.36. The lowest BCUT2D eigenvalue weighted by Gasteiger charge is -2.41. The van der Waals surface area contributed by atoms with Crippen LogP contribution in [0, 0.1) is 5.92 Å². The van der Waals surface area contributed by atoms with E-state index in [2.05, 4.69) is 4.90 Å². The van der Waals surface area contributed by atoms with Crippen LogP contribution in [-0.2, 0) is 4.79 Å². The molecule has 1 heterocycles. The summed E-state index contributed by atoms with van der Waals surface area (Å²) >= 11 is 0. The van der Waals surface area contributed by atoms with E-state index in [4.69, 9.17) is 5.11 Å². The molecule has 0 spiro atoms. The molecule has 0 aromatic carbocycles. The number of halogens is 2. The number of alkyl halides is 2. The Morgan fingerprint density at radius 3 is 2.00 bits per heavy atom. The van der Waals surface area contributed by atoms with Crippen molar-refractivity contribution in [3.05, 3.63) is 0 Å². The van der Waals surface area contributed by atoms with Crippen LogP contribution >= 0.6 is 0 Å². The number of piperidine rings is 1. The summed E-state index contributed by atoms with van der Waals surface area (Å²) in [6.45, 7) is 7.17. The monoisotopic (exact) mass is 235 g/mol. The van der Waals surface area contributed by atoms with Gasteiger partial charge in [0.1, 0.15) is 0 Å². The Morgan fingerprint density at radius 2 is 1.69 bits per heavy atom. The highest BCUT2D eigenvalue weighted by Gasteiger charge is 2.48. The number of aliphatic carboxylic acids is 1. The Bertz CT molecular complexity index is 266. The Balaban J connectivity index is 2.59. The molecule has 1 saturated heterocycles. The van der Waals surface area contributed by atoms with E-state index in [1.54, 1.807) is 0 Å². The highest BCUT2D eigenvalue weighted by molar-refractivity contribution is 5.75. The average molecular weight is 235 g/mol. The van der Waals surface area contributed by atoms with Gasteiger partial charge in [0.2, 0.25) is 0 Å². The van der Waals surface area contributed by atoms with E-state index in [0.717, 1.165) is 0 Å². The van der Waals surface area contributed by atoms with Crippen molar-refractivity contribution in [3.63, 3.8) is 0 Å². The van der Waals surface area contributed by atoms with Crippen LogP contribution < -0.4 is 0 Å². The molecule has 94 valence electrons. The Morgan fingerprint density at radius 1 is 1.25 bits per heavy atom. The van der Waals surface area contributed by atoms with Gasteiger partial charge in [-0.05, 0) is 46.7 Å². The number of carbonyl (C=O) groups is 1. The first-order valence-electron chi connectivity index (χ1n) is 5.52. The molecule has 5 heteroatoms. The molecule has 3 nitrogen and oxygen atoms in total. The van der Waals surface area contributed by atoms with Crippen molar-refractivity contribution in [2.45, 2.75) is 45.1 Å². The molecule has 16 heavy (non-hydrogen) atoms. The highest BCUT2D eigenvalue weighted by atomic mass is 19.3. The summed E-state index contributed by atoms with van der Waals surface area (Å²) < 4.78 is 26.5. The van der Waals surface area contributed by atoms with E-state index < -0.39 is 17.8 Å². The Labute approximate surface area is 94.4 Å². The van der Waals surface area contributed by atoms with E-state index >= 15 is 0 Å². The Kier molecular flexibility index (Phi) is 3.57. The maximum atomic E-state index is 13.2. The quantitative estimate of drug-likeness (QED) is 0.797. The number of hydrogen-bond donors (Lipinski definition) is 1. The first-order valence-corrected chi connectivity index (χ1v) is 5.52. The van der Waals surface area contributed by atoms with Crippen molar-refractivity contribution in [2.75, 3.05) is 13.1 Å². The molecule has 1 rings (SSSR count). The molecule has 0 saturated carbocycles. The molecule has 0 aliphatic carbocycles. The predicted octanol–water partition coefficient (Wildman–Crippen LogP) is 2.22. The molecule has 1 aliphatic rings. The van der Waals surface area contributed by atoms with Gasteiger partial charge in [0, 0.05) is 11.5 Å². The summed E-state index contributed by atoms with van der Waals surface area (Å²) in [5.41, 5.74) is -0.0382. The summed E-state index contributed by atoms with van der Waals surface area (Å²) in [7, 11) is 0. The molecule has 1 aliphatic heterocycles. The molecular weight excluding hydrogens is 216 g/mol. The lowest BCUT2D eigenvalue weighted by Crippen LogP contribution is -2.50. The topological polar surface area (TPSA) is 40.5 Å². The fraction of sp³-hybridized carbons (Fsp3) is 0.909. The van der Waals surface area contributed by atoms with E-state index in [-0.39, 0.29) is 18.4 Å². The molecule has 0 bridgehead atoms. The van der Waals surface area contributed by atoms with Gasteiger partial charge < -0.3 is 5.11 Å².